The van der Waals surface area contributed by atoms with Gasteiger partial charge in [0.2, 0.25) is 0 Å². The number of rotatable bonds is 3. The fraction of sp³-hybridized carbons (Fsp3) is 0.333. The summed E-state index contributed by atoms with van der Waals surface area (Å²) in [4.78, 5) is 0. The monoisotopic (exact) mass is 221 g/mol. The van der Waals surface area contributed by atoms with E-state index >= 15 is 0 Å². The molecule has 1 aromatic carbocycles. The average molecular weight is 222 g/mol. The maximum atomic E-state index is 12.8. The van der Waals surface area contributed by atoms with Crippen molar-refractivity contribution in [3.05, 3.63) is 34.4 Å². The minimum absolute atomic E-state index is 0.00449. The van der Waals surface area contributed by atoms with Gasteiger partial charge in [-0.3, -0.25) is 0 Å². The van der Waals surface area contributed by atoms with Gasteiger partial charge >= 0.3 is 0 Å². The lowest BCUT2D eigenvalue weighted by Gasteiger charge is -2.11. The molecule has 0 aliphatic carbocycles. The highest BCUT2D eigenvalue weighted by atomic mass is 35.5. The minimum atomic E-state index is -1.03. The summed E-state index contributed by atoms with van der Waals surface area (Å²) in [5.41, 5.74) is 5.38. The van der Waals surface area contributed by atoms with Crippen LogP contribution in [0.15, 0.2) is 12.1 Å². The van der Waals surface area contributed by atoms with Crippen LogP contribution in [0, 0.1) is 11.6 Å². The Labute approximate surface area is 85.3 Å². The first-order valence-corrected chi connectivity index (χ1v) is 4.46. The molecule has 0 radical (unpaired) electrons. The Hall–Kier alpha value is -0.710. The van der Waals surface area contributed by atoms with Gasteiger partial charge in [0, 0.05) is 10.6 Å². The molecule has 0 aromatic heterocycles. The molecule has 1 aromatic rings. The Kier molecular flexibility index (Phi) is 3.80. The Morgan fingerprint density at radius 3 is 2.50 bits per heavy atom. The third-order valence-corrected chi connectivity index (χ3v) is 2.17. The molecule has 0 saturated carbocycles. The standard InChI is InChI=1S/C9H10ClF2NO/c10-6-4-8(12)7(11)3-5(6)9(14)1-2-13/h3-4,9,14H,1-2,13H2. The van der Waals surface area contributed by atoms with Crippen LogP contribution < -0.4 is 5.73 Å². The summed E-state index contributed by atoms with van der Waals surface area (Å²) in [6, 6.07) is 1.73. The SMILES string of the molecule is NCCC(O)c1cc(F)c(F)cc1Cl. The Morgan fingerprint density at radius 1 is 1.36 bits per heavy atom. The fourth-order valence-electron chi connectivity index (χ4n) is 1.11. The van der Waals surface area contributed by atoms with E-state index in [0.717, 1.165) is 12.1 Å². The van der Waals surface area contributed by atoms with Crippen molar-refractivity contribution in [1.29, 1.82) is 0 Å². The quantitative estimate of drug-likeness (QED) is 0.767. The summed E-state index contributed by atoms with van der Waals surface area (Å²) in [6.45, 7) is 0.247. The van der Waals surface area contributed by atoms with E-state index in [-0.39, 0.29) is 23.6 Å². The number of benzene rings is 1. The normalized spacial score (nSPS) is 12.9. The van der Waals surface area contributed by atoms with Gasteiger partial charge in [-0.2, -0.15) is 0 Å². The molecule has 0 aliphatic rings. The molecule has 3 N–H and O–H groups in total. The van der Waals surface area contributed by atoms with E-state index in [0.29, 0.717) is 0 Å². The lowest BCUT2D eigenvalue weighted by atomic mass is 10.1. The van der Waals surface area contributed by atoms with E-state index in [1.165, 1.54) is 0 Å². The topological polar surface area (TPSA) is 46.2 Å². The molecule has 0 fully saturated rings. The van der Waals surface area contributed by atoms with Crippen molar-refractivity contribution < 1.29 is 13.9 Å². The average Bonchev–Trinajstić information content (AvgIpc) is 2.11. The van der Waals surface area contributed by atoms with Gasteiger partial charge in [0.1, 0.15) is 0 Å². The highest BCUT2D eigenvalue weighted by molar-refractivity contribution is 6.31. The summed E-state index contributed by atoms with van der Waals surface area (Å²) in [7, 11) is 0. The summed E-state index contributed by atoms with van der Waals surface area (Å²) < 4.78 is 25.4. The van der Waals surface area contributed by atoms with Gasteiger partial charge in [-0.05, 0) is 25.1 Å². The molecular weight excluding hydrogens is 212 g/mol. The Balaban J connectivity index is 3.02. The van der Waals surface area contributed by atoms with Gasteiger partial charge in [-0.25, -0.2) is 8.78 Å². The van der Waals surface area contributed by atoms with Crippen LogP contribution in [0.25, 0.3) is 0 Å². The third kappa shape index (κ3) is 2.41. The number of hydrogen-bond acceptors (Lipinski definition) is 2. The van der Waals surface area contributed by atoms with Crippen molar-refractivity contribution in [3.63, 3.8) is 0 Å². The second-order valence-corrected chi connectivity index (χ2v) is 3.29. The molecule has 1 atom stereocenters. The van der Waals surface area contributed by atoms with Gasteiger partial charge in [0.05, 0.1) is 6.10 Å². The van der Waals surface area contributed by atoms with Crippen LogP contribution in [-0.2, 0) is 0 Å². The number of aliphatic hydroxyl groups is 1. The molecular formula is C9H10ClF2NO. The van der Waals surface area contributed by atoms with E-state index in [9.17, 15) is 13.9 Å². The number of halogens is 3. The van der Waals surface area contributed by atoms with E-state index < -0.39 is 17.7 Å². The van der Waals surface area contributed by atoms with Crippen LogP contribution >= 0.6 is 11.6 Å². The van der Waals surface area contributed by atoms with Gasteiger partial charge in [0.25, 0.3) is 0 Å². The molecule has 0 spiro atoms. The lowest BCUT2D eigenvalue weighted by molar-refractivity contribution is 0.170. The van der Waals surface area contributed by atoms with E-state index in [1.54, 1.807) is 0 Å². The van der Waals surface area contributed by atoms with Crippen molar-refractivity contribution in [3.8, 4) is 0 Å². The Morgan fingerprint density at radius 2 is 1.93 bits per heavy atom. The molecule has 0 bridgehead atoms. The van der Waals surface area contributed by atoms with Crippen molar-refractivity contribution in [2.45, 2.75) is 12.5 Å². The molecule has 78 valence electrons. The zero-order chi connectivity index (χ0) is 10.7. The molecule has 0 heterocycles. The second-order valence-electron chi connectivity index (χ2n) is 2.88. The van der Waals surface area contributed by atoms with Crippen LogP contribution in [0.4, 0.5) is 8.78 Å². The van der Waals surface area contributed by atoms with Crippen molar-refractivity contribution >= 4 is 11.6 Å². The van der Waals surface area contributed by atoms with Gasteiger partial charge < -0.3 is 10.8 Å². The van der Waals surface area contributed by atoms with Crippen LogP contribution in [-0.4, -0.2) is 11.7 Å². The van der Waals surface area contributed by atoms with Gasteiger partial charge in [0.15, 0.2) is 11.6 Å². The first-order valence-electron chi connectivity index (χ1n) is 4.09. The highest BCUT2D eigenvalue weighted by Crippen LogP contribution is 2.27. The first kappa shape index (κ1) is 11.4. The smallest absolute Gasteiger partial charge is 0.160 e. The summed E-state index contributed by atoms with van der Waals surface area (Å²) in [5.74, 6) is -2.06. The minimum Gasteiger partial charge on any atom is -0.388 e. The predicted molar refractivity (Wildman–Crippen MR) is 50.0 cm³/mol. The van der Waals surface area contributed by atoms with Gasteiger partial charge in [-0.15, -0.1) is 0 Å². The highest BCUT2D eigenvalue weighted by Gasteiger charge is 2.14. The maximum Gasteiger partial charge on any atom is 0.160 e. The number of hydrogen-bond donors (Lipinski definition) is 2. The van der Waals surface area contributed by atoms with Crippen LogP contribution in [0.3, 0.4) is 0 Å². The summed E-state index contributed by atoms with van der Waals surface area (Å²) in [6.07, 6.45) is -0.701. The zero-order valence-corrected chi connectivity index (χ0v) is 8.06. The molecule has 0 amide bonds. The maximum absolute atomic E-state index is 12.8. The van der Waals surface area contributed by atoms with Crippen molar-refractivity contribution in [2.75, 3.05) is 6.54 Å². The van der Waals surface area contributed by atoms with E-state index in [4.69, 9.17) is 17.3 Å². The fourth-order valence-corrected chi connectivity index (χ4v) is 1.38. The predicted octanol–water partition coefficient (Wildman–Crippen LogP) is 2.00. The van der Waals surface area contributed by atoms with Crippen LogP contribution in [0.5, 0.6) is 0 Å². The summed E-state index contributed by atoms with van der Waals surface area (Å²) >= 11 is 5.62. The van der Waals surface area contributed by atoms with Crippen molar-refractivity contribution in [1.82, 2.24) is 0 Å². The molecule has 0 saturated heterocycles. The van der Waals surface area contributed by atoms with Crippen molar-refractivity contribution in [2.24, 2.45) is 5.73 Å². The van der Waals surface area contributed by atoms with E-state index in [1.807, 2.05) is 0 Å². The van der Waals surface area contributed by atoms with Gasteiger partial charge in [-0.1, -0.05) is 11.6 Å². The molecule has 0 aliphatic heterocycles. The molecule has 1 rings (SSSR count). The van der Waals surface area contributed by atoms with Crippen LogP contribution in [0.1, 0.15) is 18.1 Å². The lowest BCUT2D eigenvalue weighted by Crippen LogP contribution is -2.07. The second kappa shape index (κ2) is 4.68. The molecule has 5 heteroatoms. The largest absolute Gasteiger partial charge is 0.388 e. The first-order chi connectivity index (χ1) is 6.56. The molecule has 14 heavy (non-hydrogen) atoms. The van der Waals surface area contributed by atoms with E-state index in [2.05, 4.69) is 0 Å². The molecule has 2 nitrogen and oxygen atoms in total. The Bertz CT molecular complexity index is 333. The third-order valence-electron chi connectivity index (χ3n) is 1.84. The number of aliphatic hydroxyl groups excluding tert-OH is 1. The summed E-state index contributed by atoms with van der Waals surface area (Å²) in [5, 5.41) is 9.47. The van der Waals surface area contributed by atoms with Crippen LogP contribution in [0.2, 0.25) is 5.02 Å². The number of nitrogens with two attached hydrogens (primary N) is 1. The molecule has 1 unspecified atom stereocenters. The zero-order valence-electron chi connectivity index (χ0n) is 7.30.